The van der Waals surface area contributed by atoms with Crippen LogP contribution < -0.4 is 0 Å². The molecule has 2 heterocycles. The summed E-state index contributed by atoms with van der Waals surface area (Å²) in [6.45, 7) is 0.273. The Bertz CT molecular complexity index is 587. The maximum absolute atomic E-state index is 12.0. The van der Waals surface area contributed by atoms with Crippen LogP contribution in [0.25, 0.3) is 0 Å². The van der Waals surface area contributed by atoms with Gasteiger partial charge in [-0.05, 0) is 6.07 Å². The van der Waals surface area contributed by atoms with E-state index in [0.717, 1.165) is 5.56 Å². The van der Waals surface area contributed by atoms with Crippen molar-refractivity contribution < 1.29 is 8.42 Å². The molecule has 17 heavy (non-hydrogen) atoms. The largest absolute Gasteiger partial charge is 0.275 e. The van der Waals surface area contributed by atoms with Gasteiger partial charge in [-0.2, -0.15) is 14.5 Å². The summed E-state index contributed by atoms with van der Waals surface area (Å²) in [6.07, 6.45) is 4.82. The lowest BCUT2D eigenvalue weighted by Crippen LogP contribution is -2.26. The zero-order valence-corrected chi connectivity index (χ0v) is 10.3. The molecule has 2 aromatic rings. The summed E-state index contributed by atoms with van der Waals surface area (Å²) in [7, 11) is -0.205. The third-order valence-corrected chi connectivity index (χ3v) is 4.06. The molecule has 0 fully saturated rings. The highest BCUT2D eigenvalue weighted by molar-refractivity contribution is 7.89. The fourth-order valence-electron chi connectivity index (χ4n) is 1.45. The molecule has 92 valence electrons. The summed E-state index contributed by atoms with van der Waals surface area (Å²) >= 11 is 0. The molecule has 0 atom stereocenters. The fraction of sp³-hybridized carbons (Fsp3) is 0.333. The third-order valence-electron chi connectivity index (χ3n) is 2.33. The van der Waals surface area contributed by atoms with Crippen LogP contribution in [0, 0.1) is 0 Å². The zero-order valence-electron chi connectivity index (χ0n) is 9.53. The van der Waals surface area contributed by atoms with Crippen molar-refractivity contribution in [3.63, 3.8) is 0 Å². The fourth-order valence-corrected chi connectivity index (χ4v) is 2.51. The van der Waals surface area contributed by atoms with Gasteiger partial charge >= 0.3 is 0 Å². The SMILES string of the molecule is CN(Cc1cnn(C)c1)S(=O)(=O)c1ccn[nH]1. The van der Waals surface area contributed by atoms with Crippen molar-refractivity contribution in [1.29, 1.82) is 0 Å². The third kappa shape index (κ3) is 2.37. The van der Waals surface area contributed by atoms with Gasteiger partial charge in [-0.15, -0.1) is 0 Å². The van der Waals surface area contributed by atoms with E-state index in [1.54, 1.807) is 24.1 Å². The number of H-pyrrole nitrogens is 1. The highest BCUT2D eigenvalue weighted by atomic mass is 32.2. The molecule has 2 aromatic heterocycles. The van der Waals surface area contributed by atoms with Crippen molar-refractivity contribution in [3.05, 3.63) is 30.2 Å². The summed E-state index contributed by atoms with van der Waals surface area (Å²) in [4.78, 5) is 0. The minimum absolute atomic E-state index is 0.0869. The molecule has 0 amide bonds. The van der Waals surface area contributed by atoms with Gasteiger partial charge in [0.05, 0.1) is 12.4 Å². The van der Waals surface area contributed by atoms with E-state index >= 15 is 0 Å². The van der Waals surface area contributed by atoms with E-state index in [1.165, 1.54) is 23.6 Å². The van der Waals surface area contributed by atoms with Crippen molar-refractivity contribution in [3.8, 4) is 0 Å². The van der Waals surface area contributed by atoms with Crippen LogP contribution >= 0.6 is 0 Å². The Morgan fingerprint density at radius 3 is 2.82 bits per heavy atom. The molecular formula is C9H13N5O2S. The normalized spacial score (nSPS) is 12.2. The first-order chi connectivity index (χ1) is 8.00. The monoisotopic (exact) mass is 255 g/mol. The van der Waals surface area contributed by atoms with Crippen LogP contribution in [-0.2, 0) is 23.6 Å². The van der Waals surface area contributed by atoms with Crippen molar-refractivity contribution in [2.75, 3.05) is 7.05 Å². The van der Waals surface area contributed by atoms with Crippen LogP contribution in [0.1, 0.15) is 5.56 Å². The van der Waals surface area contributed by atoms with Crippen molar-refractivity contribution in [1.82, 2.24) is 24.3 Å². The molecule has 8 heteroatoms. The smallest absolute Gasteiger partial charge is 0.260 e. The Morgan fingerprint density at radius 2 is 2.29 bits per heavy atom. The molecular weight excluding hydrogens is 242 g/mol. The number of aromatic nitrogens is 4. The molecule has 1 N–H and O–H groups in total. The van der Waals surface area contributed by atoms with Gasteiger partial charge in [0.2, 0.25) is 0 Å². The minimum Gasteiger partial charge on any atom is -0.275 e. The molecule has 7 nitrogen and oxygen atoms in total. The summed E-state index contributed by atoms with van der Waals surface area (Å²) in [5, 5.41) is 10.2. The lowest BCUT2D eigenvalue weighted by Gasteiger charge is -2.14. The number of aryl methyl sites for hydroxylation is 1. The van der Waals surface area contributed by atoms with Gasteiger partial charge < -0.3 is 0 Å². The first-order valence-electron chi connectivity index (χ1n) is 4.93. The second kappa shape index (κ2) is 4.30. The van der Waals surface area contributed by atoms with Gasteiger partial charge in [0.25, 0.3) is 10.0 Å². The summed E-state index contributed by atoms with van der Waals surface area (Å²) in [5.74, 6) is 0. The number of hydrogen-bond acceptors (Lipinski definition) is 4. The topological polar surface area (TPSA) is 83.9 Å². The van der Waals surface area contributed by atoms with E-state index in [4.69, 9.17) is 0 Å². The van der Waals surface area contributed by atoms with Crippen LogP contribution in [0.3, 0.4) is 0 Å². The Hall–Kier alpha value is -1.67. The number of sulfonamides is 1. The van der Waals surface area contributed by atoms with E-state index < -0.39 is 10.0 Å². The molecule has 0 aromatic carbocycles. The molecule has 0 saturated carbocycles. The predicted molar refractivity (Wildman–Crippen MR) is 60.4 cm³/mol. The van der Waals surface area contributed by atoms with E-state index in [-0.39, 0.29) is 11.6 Å². The number of hydrogen-bond donors (Lipinski definition) is 1. The van der Waals surface area contributed by atoms with Gasteiger partial charge in [-0.1, -0.05) is 0 Å². The van der Waals surface area contributed by atoms with Crippen molar-refractivity contribution in [2.45, 2.75) is 11.6 Å². The van der Waals surface area contributed by atoms with Gasteiger partial charge in [0.1, 0.15) is 0 Å². The van der Waals surface area contributed by atoms with Gasteiger partial charge in [-0.3, -0.25) is 9.78 Å². The Balaban J connectivity index is 2.18. The Morgan fingerprint density at radius 1 is 1.53 bits per heavy atom. The Labute approximate surface area is 99.1 Å². The van der Waals surface area contributed by atoms with Crippen LogP contribution in [0.4, 0.5) is 0 Å². The highest BCUT2D eigenvalue weighted by Gasteiger charge is 2.22. The van der Waals surface area contributed by atoms with Crippen LogP contribution in [0.2, 0.25) is 0 Å². The summed E-state index contributed by atoms with van der Waals surface area (Å²) < 4.78 is 26.9. The maximum atomic E-state index is 12.0. The standard InChI is InChI=1S/C9H13N5O2S/c1-13-6-8(5-11-13)7-14(2)17(15,16)9-3-4-10-12-9/h3-6H,7H2,1-2H3,(H,10,12). The number of rotatable bonds is 4. The molecule has 0 aliphatic carbocycles. The molecule has 0 aliphatic heterocycles. The Kier molecular flexibility index (Phi) is 2.99. The van der Waals surface area contributed by atoms with E-state index in [1.807, 2.05) is 0 Å². The lowest BCUT2D eigenvalue weighted by molar-refractivity contribution is 0.463. The van der Waals surface area contributed by atoms with Gasteiger partial charge in [0, 0.05) is 32.4 Å². The van der Waals surface area contributed by atoms with Crippen LogP contribution in [0.15, 0.2) is 29.7 Å². The van der Waals surface area contributed by atoms with E-state index in [0.29, 0.717) is 0 Å². The zero-order chi connectivity index (χ0) is 12.5. The second-order valence-electron chi connectivity index (χ2n) is 3.70. The van der Waals surface area contributed by atoms with Crippen molar-refractivity contribution in [2.24, 2.45) is 7.05 Å². The quantitative estimate of drug-likeness (QED) is 0.831. The molecule has 0 radical (unpaired) electrons. The summed E-state index contributed by atoms with van der Waals surface area (Å²) in [6, 6.07) is 1.43. The van der Waals surface area contributed by atoms with E-state index in [2.05, 4.69) is 15.3 Å². The highest BCUT2D eigenvalue weighted by Crippen LogP contribution is 2.13. The first kappa shape index (κ1) is 11.8. The molecule has 0 unspecified atom stereocenters. The molecule has 0 bridgehead atoms. The van der Waals surface area contributed by atoms with Crippen molar-refractivity contribution >= 4 is 10.0 Å². The average Bonchev–Trinajstić information content (AvgIpc) is 2.89. The maximum Gasteiger partial charge on any atom is 0.260 e. The predicted octanol–water partition coefficient (Wildman–Crippen LogP) is -0.0361. The number of nitrogens with zero attached hydrogens (tertiary/aromatic N) is 4. The number of aromatic amines is 1. The lowest BCUT2D eigenvalue weighted by atomic mass is 10.4. The molecule has 0 spiro atoms. The van der Waals surface area contributed by atoms with Crippen LogP contribution in [0.5, 0.6) is 0 Å². The average molecular weight is 255 g/mol. The summed E-state index contributed by atoms with van der Waals surface area (Å²) in [5.41, 5.74) is 0.832. The molecule has 0 saturated heterocycles. The van der Waals surface area contributed by atoms with Crippen LogP contribution in [-0.4, -0.2) is 39.7 Å². The minimum atomic E-state index is -3.51. The number of nitrogens with one attached hydrogen (secondary N) is 1. The molecule has 0 aliphatic rings. The molecule has 2 rings (SSSR count). The second-order valence-corrected chi connectivity index (χ2v) is 5.72. The first-order valence-corrected chi connectivity index (χ1v) is 6.37. The van der Waals surface area contributed by atoms with Gasteiger partial charge in [0.15, 0.2) is 5.03 Å². The van der Waals surface area contributed by atoms with Gasteiger partial charge in [-0.25, -0.2) is 8.42 Å². The van der Waals surface area contributed by atoms with E-state index in [9.17, 15) is 8.42 Å².